The van der Waals surface area contributed by atoms with Crippen molar-refractivity contribution in [1.29, 1.82) is 0 Å². The number of carboxylic acids is 1. The van der Waals surface area contributed by atoms with Crippen LogP contribution in [0.25, 0.3) is 0 Å². The maximum atomic E-state index is 12.4. The largest absolute Gasteiger partial charge is 0.505 e. The van der Waals surface area contributed by atoms with Crippen molar-refractivity contribution in [1.82, 2.24) is 9.88 Å². The maximum absolute atomic E-state index is 12.4. The number of carboxylic acid groups (broad SMARTS) is 1. The molecule has 1 aromatic rings. The highest BCUT2D eigenvalue weighted by Crippen LogP contribution is 2.22. The van der Waals surface area contributed by atoms with E-state index in [0.29, 0.717) is 0 Å². The number of carbonyl (C=O) groups is 2. The molecule has 0 radical (unpaired) electrons. The standard InChI is InChI=1S/C12H14N2O6S/c15-10-6-13-2-1-9(10)12(18)14-3-4-21(19,20)7-8(14)5-11(16)17/h1-2,6,8,15H,3-5,7H2,(H,16,17). The molecule has 1 unspecified atom stereocenters. The first-order chi connectivity index (χ1) is 9.80. The summed E-state index contributed by atoms with van der Waals surface area (Å²) in [7, 11) is -3.37. The van der Waals surface area contributed by atoms with Crippen LogP contribution >= 0.6 is 0 Å². The monoisotopic (exact) mass is 314 g/mol. The van der Waals surface area contributed by atoms with Gasteiger partial charge in [-0.2, -0.15) is 0 Å². The molecule has 1 fully saturated rings. The third-order valence-corrected chi connectivity index (χ3v) is 4.93. The van der Waals surface area contributed by atoms with Crippen LogP contribution in [0.1, 0.15) is 16.8 Å². The zero-order valence-corrected chi connectivity index (χ0v) is 11.8. The molecule has 1 aliphatic heterocycles. The number of nitrogens with zero attached hydrogens (tertiary/aromatic N) is 2. The Kier molecular flexibility index (Phi) is 4.12. The number of aromatic nitrogens is 1. The van der Waals surface area contributed by atoms with Crippen molar-refractivity contribution in [2.75, 3.05) is 18.1 Å². The van der Waals surface area contributed by atoms with Crippen molar-refractivity contribution in [3.05, 3.63) is 24.0 Å². The van der Waals surface area contributed by atoms with Crippen LogP contribution in [0.15, 0.2) is 18.5 Å². The molecule has 0 bridgehead atoms. The highest BCUT2D eigenvalue weighted by Gasteiger charge is 2.36. The number of rotatable bonds is 3. The van der Waals surface area contributed by atoms with Gasteiger partial charge in [0.1, 0.15) is 5.75 Å². The fourth-order valence-corrected chi connectivity index (χ4v) is 3.77. The van der Waals surface area contributed by atoms with Crippen LogP contribution in [0.2, 0.25) is 0 Å². The normalized spacial score (nSPS) is 21.0. The maximum Gasteiger partial charge on any atom is 0.305 e. The van der Waals surface area contributed by atoms with Gasteiger partial charge in [-0.3, -0.25) is 14.6 Å². The van der Waals surface area contributed by atoms with E-state index in [0.717, 1.165) is 6.20 Å². The summed E-state index contributed by atoms with van der Waals surface area (Å²) in [6.07, 6.45) is 1.96. The van der Waals surface area contributed by atoms with Crippen molar-refractivity contribution < 1.29 is 28.2 Å². The second-order valence-corrected chi connectivity index (χ2v) is 6.99. The highest BCUT2D eigenvalue weighted by molar-refractivity contribution is 7.91. The molecule has 21 heavy (non-hydrogen) atoms. The molecular weight excluding hydrogens is 300 g/mol. The SMILES string of the molecule is O=C(O)CC1CS(=O)(=O)CCN1C(=O)c1ccncc1O. The number of hydrogen-bond acceptors (Lipinski definition) is 6. The zero-order chi connectivity index (χ0) is 15.6. The lowest BCUT2D eigenvalue weighted by atomic mass is 10.1. The molecule has 2 rings (SSSR count). The van der Waals surface area contributed by atoms with Crippen molar-refractivity contribution >= 4 is 21.7 Å². The summed E-state index contributed by atoms with van der Waals surface area (Å²) in [5, 5.41) is 18.5. The van der Waals surface area contributed by atoms with Gasteiger partial charge >= 0.3 is 5.97 Å². The lowest BCUT2D eigenvalue weighted by Crippen LogP contribution is -2.52. The van der Waals surface area contributed by atoms with Crippen LogP contribution in [0, 0.1) is 0 Å². The molecule has 2 N–H and O–H groups in total. The van der Waals surface area contributed by atoms with Gasteiger partial charge < -0.3 is 15.1 Å². The first kappa shape index (κ1) is 15.2. The van der Waals surface area contributed by atoms with Gasteiger partial charge in [-0.15, -0.1) is 0 Å². The molecule has 9 heteroatoms. The van der Waals surface area contributed by atoms with E-state index >= 15 is 0 Å². The smallest absolute Gasteiger partial charge is 0.305 e. The summed E-state index contributed by atoms with van der Waals surface area (Å²) in [4.78, 5) is 28.1. The minimum atomic E-state index is -3.37. The van der Waals surface area contributed by atoms with Gasteiger partial charge in [0.05, 0.1) is 35.7 Å². The van der Waals surface area contributed by atoms with Crippen molar-refractivity contribution in [2.24, 2.45) is 0 Å². The van der Waals surface area contributed by atoms with E-state index in [4.69, 9.17) is 5.11 Å². The predicted octanol–water partition coefficient (Wildman–Crippen LogP) is -0.499. The molecule has 114 valence electrons. The van der Waals surface area contributed by atoms with E-state index < -0.39 is 39.9 Å². The van der Waals surface area contributed by atoms with Crippen LogP contribution in [-0.4, -0.2) is 64.5 Å². The quantitative estimate of drug-likeness (QED) is 0.770. The third kappa shape index (κ3) is 3.48. The number of hydrogen-bond donors (Lipinski definition) is 2. The van der Waals surface area contributed by atoms with Crippen molar-refractivity contribution in [3.63, 3.8) is 0 Å². The summed E-state index contributed by atoms with van der Waals surface area (Å²) < 4.78 is 23.2. The first-order valence-electron chi connectivity index (χ1n) is 6.16. The summed E-state index contributed by atoms with van der Waals surface area (Å²) in [5.74, 6) is -2.73. The second kappa shape index (κ2) is 5.68. The van der Waals surface area contributed by atoms with E-state index in [2.05, 4.69) is 4.98 Å². The molecule has 1 aromatic heterocycles. The van der Waals surface area contributed by atoms with Crippen LogP contribution in [0.5, 0.6) is 5.75 Å². The molecule has 1 aliphatic rings. The second-order valence-electron chi connectivity index (χ2n) is 4.76. The molecule has 0 aromatic carbocycles. The number of carbonyl (C=O) groups excluding carboxylic acids is 1. The Balaban J connectivity index is 2.29. The van der Waals surface area contributed by atoms with E-state index in [1.165, 1.54) is 17.2 Å². The van der Waals surface area contributed by atoms with Gasteiger partial charge in [-0.05, 0) is 6.07 Å². The molecule has 0 spiro atoms. The molecular formula is C12H14N2O6S. The third-order valence-electron chi connectivity index (χ3n) is 3.23. The molecule has 1 amide bonds. The Morgan fingerprint density at radius 3 is 2.76 bits per heavy atom. The van der Waals surface area contributed by atoms with Gasteiger partial charge in [0.2, 0.25) is 0 Å². The van der Waals surface area contributed by atoms with Gasteiger partial charge in [0.15, 0.2) is 9.84 Å². The van der Waals surface area contributed by atoms with Crippen molar-refractivity contribution in [2.45, 2.75) is 12.5 Å². The number of aliphatic carboxylic acids is 1. The number of amides is 1. The van der Waals surface area contributed by atoms with Crippen LogP contribution in [0.3, 0.4) is 0 Å². The zero-order valence-electron chi connectivity index (χ0n) is 11.0. The molecule has 2 heterocycles. The summed E-state index contributed by atoms with van der Waals surface area (Å²) in [6.45, 7) is -0.0964. The Labute approximate surface area is 120 Å². The minimum absolute atomic E-state index is 0.0281. The lowest BCUT2D eigenvalue weighted by Gasteiger charge is -2.34. The summed E-state index contributed by atoms with van der Waals surface area (Å²) >= 11 is 0. The first-order valence-corrected chi connectivity index (χ1v) is 7.98. The minimum Gasteiger partial charge on any atom is -0.505 e. The van der Waals surface area contributed by atoms with E-state index in [1.54, 1.807) is 0 Å². The average molecular weight is 314 g/mol. The molecule has 0 aliphatic carbocycles. The fourth-order valence-electron chi connectivity index (χ4n) is 2.25. The summed E-state index contributed by atoms with van der Waals surface area (Å²) in [6, 6.07) is 0.361. The fraction of sp³-hybridized carbons (Fsp3) is 0.417. The molecule has 0 saturated carbocycles. The highest BCUT2D eigenvalue weighted by atomic mass is 32.2. The molecule has 8 nitrogen and oxygen atoms in total. The van der Waals surface area contributed by atoms with Crippen LogP contribution in [-0.2, 0) is 14.6 Å². The predicted molar refractivity (Wildman–Crippen MR) is 71.6 cm³/mol. The van der Waals surface area contributed by atoms with Gasteiger partial charge in [0, 0.05) is 12.7 Å². The van der Waals surface area contributed by atoms with E-state index in [-0.39, 0.29) is 23.6 Å². The number of aromatic hydroxyl groups is 1. The van der Waals surface area contributed by atoms with Crippen LogP contribution in [0.4, 0.5) is 0 Å². The Hall–Kier alpha value is -2.16. The number of pyridine rings is 1. The number of sulfone groups is 1. The van der Waals surface area contributed by atoms with Gasteiger partial charge in [-0.25, -0.2) is 8.42 Å². The Bertz CT molecular complexity index is 672. The van der Waals surface area contributed by atoms with Gasteiger partial charge in [0.25, 0.3) is 5.91 Å². The van der Waals surface area contributed by atoms with E-state index in [1.807, 2.05) is 0 Å². The van der Waals surface area contributed by atoms with Crippen LogP contribution < -0.4 is 0 Å². The lowest BCUT2D eigenvalue weighted by molar-refractivity contribution is -0.138. The topological polar surface area (TPSA) is 125 Å². The molecule has 1 atom stereocenters. The van der Waals surface area contributed by atoms with E-state index in [9.17, 15) is 23.1 Å². The molecule has 1 saturated heterocycles. The summed E-state index contributed by atoms with van der Waals surface area (Å²) in [5.41, 5.74) is -0.0281. The average Bonchev–Trinajstić information content (AvgIpc) is 2.37. The Morgan fingerprint density at radius 1 is 1.43 bits per heavy atom. The van der Waals surface area contributed by atoms with Crippen molar-refractivity contribution in [3.8, 4) is 5.75 Å². The van der Waals surface area contributed by atoms with Gasteiger partial charge in [-0.1, -0.05) is 0 Å². The Morgan fingerprint density at radius 2 is 2.14 bits per heavy atom.